The molecule has 1 N–H and O–H groups in total. The molecule has 0 amide bonds. The van der Waals surface area contributed by atoms with Crippen molar-refractivity contribution >= 4 is 22.6 Å². The van der Waals surface area contributed by atoms with E-state index >= 15 is 0 Å². The average Bonchev–Trinajstić information content (AvgIpc) is 3.18. The molecule has 1 saturated heterocycles. The minimum atomic E-state index is -4.97. The highest BCUT2D eigenvalue weighted by Crippen LogP contribution is 2.44. The summed E-state index contributed by atoms with van der Waals surface area (Å²) in [6.07, 6.45) is -8.22. The van der Waals surface area contributed by atoms with Crippen molar-refractivity contribution in [3.63, 3.8) is 0 Å². The van der Waals surface area contributed by atoms with Gasteiger partial charge in [-0.15, -0.1) is 0 Å². The smallest absolute Gasteiger partial charge is 0.437 e. The highest BCUT2D eigenvalue weighted by atomic mass is 32.2. The molecule has 4 nitrogen and oxygen atoms in total. The average molecular weight is 410 g/mol. The van der Waals surface area contributed by atoms with Gasteiger partial charge in [0.25, 0.3) is 0 Å². The van der Waals surface area contributed by atoms with Crippen molar-refractivity contribution in [1.82, 2.24) is 4.90 Å². The molecule has 11 heteroatoms. The molecule has 1 aromatic carbocycles. The second-order valence-corrected chi connectivity index (χ2v) is 6.65. The van der Waals surface area contributed by atoms with E-state index < -0.39 is 35.9 Å². The maximum atomic E-state index is 13.4. The summed E-state index contributed by atoms with van der Waals surface area (Å²) in [5.41, 5.74) is -4.04. The second-order valence-electron chi connectivity index (χ2n) is 5.71. The van der Waals surface area contributed by atoms with E-state index in [0.29, 0.717) is 16.7 Å². The van der Waals surface area contributed by atoms with Crippen LogP contribution in [0.25, 0.3) is 0 Å². The molecule has 1 atom stereocenters. The highest BCUT2D eigenvalue weighted by molar-refractivity contribution is 8.14. The van der Waals surface area contributed by atoms with Crippen molar-refractivity contribution in [3.05, 3.63) is 54.0 Å². The number of benzene rings is 1. The number of alkyl halides is 6. The van der Waals surface area contributed by atoms with Crippen molar-refractivity contribution in [2.24, 2.45) is 4.99 Å². The first-order valence-corrected chi connectivity index (χ1v) is 8.47. The van der Waals surface area contributed by atoms with Crippen LogP contribution in [0.15, 0.2) is 52.1 Å². The van der Waals surface area contributed by atoms with Crippen molar-refractivity contribution in [2.45, 2.75) is 24.6 Å². The fourth-order valence-electron chi connectivity index (χ4n) is 2.40. The van der Waals surface area contributed by atoms with Crippen molar-refractivity contribution in [1.29, 1.82) is 0 Å². The third-order valence-electron chi connectivity index (χ3n) is 3.85. The van der Waals surface area contributed by atoms with Crippen LogP contribution < -0.4 is 0 Å². The molecule has 1 fully saturated rings. The van der Waals surface area contributed by atoms with Gasteiger partial charge >= 0.3 is 12.4 Å². The Morgan fingerprint density at radius 3 is 2.30 bits per heavy atom. The predicted octanol–water partition coefficient (Wildman–Crippen LogP) is 4.79. The lowest BCUT2D eigenvalue weighted by atomic mass is 10.2. The summed E-state index contributed by atoms with van der Waals surface area (Å²) in [6.45, 7) is -0.407. The molecule has 0 bridgehead atoms. The van der Waals surface area contributed by atoms with Crippen LogP contribution in [0, 0.1) is 0 Å². The van der Waals surface area contributed by atoms with E-state index in [1.807, 2.05) is 0 Å². The summed E-state index contributed by atoms with van der Waals surface area (Å²) in [4.78, 5) is 4.62. The standard InChI is InChI=1S/C16H12F6N2O2S/c17-15(18,19)10-3-5-11(6-4-10)23-13-24(8-12-2-1-7-26-12)14(25,9-27-13)16(20,21)22/h1-7,25H,8-9H2. The lowest BCUT2D eigenvalue weighted by molar-refractivity contribution is -0.290. The van der Waals surface area contributed by atoms with Crippen LogP contribution in [-0.2, 0) is 12.7 Å². The summed E-state index contributed by atoms with van der Waals surface area (Å²) in [6, 6.07) is 6.59. The highest BCUT2D eigenvalue weighted by Gasteiger charge is 2.62. The van der Waals surface area contributed by atoms with Gasteiger partial charge in [0, 0.05) is 0 Å². The number of aliphatic hydroxyl groups is 1. The summed E-state index contributed by atoms with van der Waals surface area (Å²) >= 11 is 0.653. The molecule has 0 aliphatic carbocycles. The Bertz CT molecular complexity index is 817. The number of halogens is 6. The van der Waals surface area contributed by atoms with E-state index in [0.717, 1.165) is 24.3 Å². The molecule has 1 unspecified atom stereocenters. The van der Waals surface area contributed by atoms with E-state index in [2.05, 4.69) is 4.99 Å². The molecule has 27 heavy (non-hydrogen) atoms. The van der Waals surface area contributed by atoms with Crippen LogP contribution >= 0.6 is 11.8 Å². The first kappa shape index (κ1) is 19.6. The SMILES string of the molecule is OC1(C(F)(F)F)CSC(=Nc2ccc(C(F)(F)F)cc2)N1Cc1ccco1. The van der Waals surface area contributed by atoms with Crippen molar-refractivity contribution in [2.75, 3.05) is 5.75 Å². The van der Waals surface area contributed by atoms with Crippen LogP contribution in [0.2, 0.25) is 0 Å². The fraction of sp³-hybridized carbons (Fsp3) is 0.312. The number of amidine groups is 1. The lowest BCUT2D eigenvalue weighted by Gasteiger charge is -2.34. The van der Waals surface area contributed by atoms with Gasteiger partial charge in [0.2, 0.25) is 5.72 Å². The Hall–Kier alpha value is -2.14. The van der Waals surface area contributed by atoms with Crippen LogP contribution in [0.5, 0.6) is 0 Å². The number of thioether (sulfide) groups is 1. The molecule has 2 heterocycles. The summed E-state index contributed by atoms with van der Waals surface area (Å²) in [5.74, 6) is -0.559. The Kier molecular flexibility index (Phi) is 4.93. The summed E-state index contributed by atoms with van der Waals surface area (Å²) < 4.78 is 83.1. The zero-order valence-corrected chi connectivity index (χ0v) is 14.2. The normalized spacial score (nSPS) is 22.6. The van der Waals surface area contributed by atoms with E-state index in [-0.39, 0.29) is 16.6 Å². The maximum absolute atomic E-state index is 13.4. The summed E-state index contributed by atoms with van der Waals surface area (Å²) in [7, 11) is 0. The van der Waals surface area contributed by atoms with Gasteiger partial charge in [-0.05, 0) is 36.4 Å². The van der Waals surface area contributed by atoms with E-state index in [9.17, 15) is 31.4 Å². The quantitative estimate of drug-likeness (QED) is 0.740. The van der Waals surface area contributed by atoms with Crippen molar-refractivity contribution < 1.29 is 35.9 Å². The van der Waals surface area contributed by atoms with Crippen molar-refractivity contribution in [3.8, 4) is 0 Å². The van der Waals surface area contributed by atoms with E-state index in [1.165, 1.54) is 18.4 Å². The van der Waals surface area contributed by atoms with Gasteiger partial charge in [-0.1, -0.05) is 11.8 Å². The lowest BCUT2D eigenvalue weighted by Crippen LogP contribution is -2.57. The molecular formula is C16H12F6N2O2S. The largest absolute Gasteiger partial charge is 0.467 e. The zero-order chi connectivity index (χ0) is 19.9. The number of furan rings is 1. The maximum Gasteiger partial charge on any atom is 0.437 e. The first-order valence-electron chi connectivity index (χ1n) is 7.48. The van der Waals surface area contributed by atoms with Gasteiger partial charge in [-0.2, -0.15) is 26.3 Å². The molecule has 0 spiro atoms. The minimum Gasteiger partial charge on any atom is -0.467 e. The third-order valence-corrected chi connectivity index (χ3v) is 4.96. The topological polar surface area (TPSA) is 49.0 Å². The van der Waals surface area contributed by atoms with Crippen LogP contribution in [0.4, 0.5) is 32.0 Å². The van der Waals surface area contributed by atoms with Gasteiger partial charge in [-0.3, -0.25) is 0 Å². The molecule has 1 aromatic heterocycles. The molecule has 0 saturated carbocycles. The number of aliphatic imine (C=N–C) groups is 1. The van der Waals surface area contributed by atoms with Crippen LogP contribution in [0.1, 0.15) is 11.3 Å². The number of hydrogen-bond donors (Lipinski definition) is 1. The Labute approximate surface area is 153 Å². The second kappa shape index (κ2) is 6.79. The molecular weight excluding hydrogens is 398 g/mol. The molecule has 2 aromatic rings. The number of hydrogen-bond acceptors (Lipinski definition) is 4. The van der Waals surface area contributed by atoms with E-state index in [4.69, 9.17) is 4.42 Å². The van der Waals surface area contributed by atoms with Gasteiger partial charge in [0.15, 0.2) is 5.17 Å². The molecule has 1 aliphatic rings. The third kappa shape index (κ3) is 3.93. The fourth-order valence-corrected chi connectivity index (χ4v) is 3.59. The van der Waals surface area contributed by atoms with Crippen LogP contribution in [0.3, 0.4) is 0 Å². The van der Waals surface area contributed by atoms with Gasteiger partial charge in [0.05, 0.1) is 29.8 Å². The molecule has 146 valence electrons. The number of nitrogens with zero attached hydrogens (tertiary/aromatic N) is 2. The van der Waals surface area contributed by atoms with Crippen LogP contribution in [-0.4, -0.2) is 32.8 Å². The Morgan fingerprint density at radius 2 is 1.78 bits per heavy atom. The minimum absolute atomic E-state index is 0.0290. The van der Waals surface area contributed by atoms with Gasteiger partial charge in [-0.25, -0.2) is 4.99 Å². The zero-order valence-electron chi connectivity index (χ0n) is 13.4. The Balaban J connectivity index is 1.94. The monoisotopic (exact) mass is 410 g/mol. The van der Waals surface area contributed by atoms with E-state index in [1.54, 1.807) is 0 Å². The predicted molar refractivity (Wildman–Crippen MR) is 86.3 cm³/mol. The van der Waals surface area contributed by atoms with Gasteiger partial charge < -0.3 is 14.4 Å². The van der Waals surface area contributed by atoms with Gasteiger partial charge in [0.1, 0.15) is 5.76 Å². The molecule has 3 rings (SSSR count). The molecule has 1 aliphatic heterocycles. The molecule has 0 radical (unpaired) electrons. The first-order chi connectivity index (χ1) is 12.5. The number of rotatable bonds is 3. The summed E-state index contributed by atoms with van der Waals surface area (Å²) in [5, 5.41) is 10.0. The Morgan fingerprint density at radius 1 is 1.11 bits per heavy atom.